The first-order valence-electron chi connectivity index (χ1n) is 12.6. The summed E-state index contributed by atoms with van der Waals surface area (Å²) < 4.78 is 5.06. The van der Waals surface area contributed by atoms with E-state index in [1.165, 1.54) is 19.3 Å². The van der Waals surface area contributed by atoms with Gasteiger partial charge in [0.2, 0.25) is 0 Å². The van der Waals surface area contributed by atoms with Crippen LogP contribution in [-0.2, 0) is 9.53 Å². The van der Waals surface area contributed by atoms with Crippen molar-refractivity contribution in [3.05, 3.63) is 41.6 Å². The molecule has 0 radical (unpaired) electrons. The van der Waals surface area contributed by atoms with Crippen molar-refractivity contribution in [3.63, 3.8) is 0 Å². The van der Waals surface area contributed by atoms with E-state index in [1.54, 1.807) is 25.1 Å². The monoisotopic (exact) mass is 485 g/mol. The average Bonchev–Trinajstić information content (AvgIpc) is 2.79. The number of hydrogen-bond donors (Lipinski definition) is 2. The summed E-state index contributed by atoms with van der Waals surface area (Å²) in [6.07, 6.45) is 10.3. The van der Waals surface area contributed by atoms with Crippen molar-refractivity contribution in [1.29, 1.82) is 0 Å². The maximum atomic E-state index is 12.0. The Morgan fingerprint density at radius 2 is 1.85 bits per heavy atom. The summed E-state index contributed by atoms with van der Waals surface area (Å²) in [6.45, 7) is 8.12. The normalized spacial score (nSPS) is 18.1. The number of hydrogen-bond acceptors (Lipinski definition) is 5. The highest BCUT2D eigenvalue weighted by Crippen LogP contribution is 2.32. The Hall–Kier alpha value is -2.41. The number of thiocarbonyl (C=S) groups is 1. The SMILES string of the molecule is CCOC(=O)c1ccc(NC(=S)N(CCCNC2=CC(=O)CC(C)(C)C2)C2CCCCC2)cc1. The number of esters is 1. The highest BCUT2D eigenvalue weighted by molar-refractivity contribution is 7.80. The first-order valence-corrected chi connectivity index (χ1v) is 13.0. The number of rotatable bonds is 9. The molecule has 6 nitrogen and oxygen atoms in total. The molecule has 0 atom stereocenters. The van der Waals surface area contributed by atoms with Crippen LogP contribution in [0.3, 0.4) is 0 Å². The second-order valence-electron chi connectivity index (χ2n) is 10.1. The van der Waals surface area contributed by atoms with Crippen molar-refractivity contribution >= 4 is 34.8 Å². The molecule has 1 aromatic carbocycles. The fourth-order valence-corrected chi connectivity index (χ4v) is 5.26. The predicted octanol–water partition coefficient (Wildman–Crippen LogP) is 5.45. The van der Waals surface area contributed by atoms with Crippen LogP contribution in [-0.4, -0.2) is 47.5 Å². The molecule has 0 aromatic heterocycles. The van der Waals surface area contributed by atoms with Gasteiger partial charge in [0.1, 0.15) is 0 Å². The first-order chi connectivity index (χ1) is 16.3. The van der Waals surface area contributed by atoms with E-state index in [4.69, 9.17) is 17.0 Å². The van der Waals surface area contributed by atoms with Gasteiger partial charge < -0.3 is 20.3 Å². The molecule has 1 fully saturated rings. The van der Waals surface area contributed by atoms with Crippen molar-refractivity contribution in [2.75, 3.05) is 25.0 Å². The Bertz CT molecular complexity index is 889. The van der Waals surface area contributed by atoms with E-state index >= 15 is 0 Å². The number of carbonyl (C=O) groups is 2. The second kappa shape index (κ2) is 12.3. The van der Waals surface area contributed by atoms with Crippen molar-refractivity contribution in [3.8, 4) is 0 Å². The third kappa shape index (κ3) is 7.83. The van der Waals surface area contributed by atoms with E-state index in [2.05, 4.69) is 29.4 Å². The molecule has 0 bridgehead atoms. The van der Waals surface area contributed by atoms with Crippen LogP contribution >= 0.6 is 12.2 Å². The quantitative estimate of drug-likeness (QED) is 0.274. The number of nitrogens with zero attached hydrogens (tertiary/aromatic N) is 1. The smallest absolute Gasteiger partial charge is 0.338 e. The van der Waals surface area contributed by atoms with Gasteiger partial charge in [0.05, 0.1) is 12.2 Å². The maximum Gasteiger partial charge on any atom is 0.338 e. The van der Waals surface area contributed by atoms with Gasteiger partial charge in [-0.15, -0.1) is 0 Å². The van der Waals surface area contributed by atoms with E-state index in [0.29, 0.717) is 24.6 Å². The van der Waals surface area contributed by atoms with Crippen molar-refractivity contribution in [1.82, 2.24) is 10.2 Å². The lowest BCUT2D eigenvalue weighted by Crippen LogP contribution is -2.44. The minimum absolute atomic E-state index is 0.0244. The minimum atomic E-state index is -0.314. The van der Waals surface area contributed by atoms with Gasteiger partial charge in [-0.05, 0) is 74.5 Å². The van der Waals surface area contributed by atoms with E-state index in [1.807, 2.05) is 12.1 Å². The number of ketones is 1. The molecule has 3 rings (SSSR count). The summed E-state index contributed by atoms with van der Waals surface area (Å²) >= 11 is 5.83. The molecule has 0 heterocycles. The molecule has 2 aliphatic carbocycles. The molecule has 0 saturated heterocycles. The van der Waals surface area contributed by atoms with Gasteiger partial charge in [-0.3, -0.25) is 4.79 Å². The molecule has 0 unspecified atom stereocenters. The largest absolute Gasteiger partial charge is 0.462 e. The zero-order valence-corrected chi connectivity index (χ0v) is 21.6. The molecule has 0 aliphatic heterocycles. The predicted molar refractivity (Wildman–Crippen MR) is 141 cm³/mol. The Labute approximate surface area is 209 Å². The number of benzene rings is 1. The fourth-order valence-electron chi connectivity index (χ4n) is 4.90. The lowest BCUT2D eigenvalue weighted by molar-refractivity contribution is -0.117. The first kappa shape index (κ1) is 26.2. The molecule has 7 heteroatoms. The summed E-state index contributed by atoms with van der Waals surface area (Å²) in [5.74, 6) is -0.104. The number of nitrogens with one attached hydrogen (secondary N) is 2. The van der Waals surface area contributed by atoms with E-state index in [9.17, 15) is 9.59 Å². The molecule has 2 aliphatic rings. The number of carbonyl (C=O) groups excluding carboxylic acids is 2. The van der Waals surface area contributed by atoms with Gasteiger partial charge in [0, 0.05) is 43.0 Å². The van der Waals surface area contributed by atoms with Crippen LogP contribution in [0.25, 0.3) is 0 Å². The molecule has 1 saturated carbocycles. The van der Waals surface area contributed by atoms with Gasteiger partial charge in [-0.25, -0.2) is 4.79 Å². The molecular weight excluding hydrogens is 446 g/mol. The summed E-state index contributed by atoms with van der Waals surface area (Å²) in [4.78, 5) is 26.3. The van der Waals surface area contributed by atoms with Crippen LogP contribution in [0.2, 0.25) is 0 Å². The molecule has 1 aromatic rings. The van der Waals surface area contributed by atoms with E-state index < -0.39 is 0 Å². The molecule has 34 heavy (non-hydrogen) atoms. The summed E-state index contributed by atoms with van der Waals surface area (Å²) in [7, 11) is 0. The van der Waals surface area contributed by atoms with E-state index in [0.717, 1.165) is 55.3 Å². The maximum absolute atomic E-state index is 12.0. The molecule has 186 valence electrons. The van der Waals surface area contributed by atoms with Gasteiger partial charge in [-0.2, -0.15) is 0 Å². The number of anilines is 1. The second-order valence-corrected chi connectivity index (χ2v) is 10.5. The van der Waals surface area contributed by atoms with Gasteiger partial charge in [0.25, 0.3) is 0 Å². The lowest BCUT2D eigenvalue weighted by atomic mass is 9.79. The van der Waals surface area contributed by atoms with Crippen LogP contribution in [0.1, 0.15) is 82.5 Å². The van der Waals surface area contributed by atoms with Crippen molar-refractivity contribution in [2.45, 2.75) is 78.2 Å². The summed E-state index contributed by atoms with van der Waals surface area (Å²) in [5.41, 5.74) is 2.47. The van der Waals surface area contributed by atoms with Crippen molar-refractivity contribution < 1.29 is 14.3 Å². The Morgan fingerprint density at radius 3 is 2.50 bits per heavy atom. The highest BCUT2D eigenvalue weighted by Gasteiger charge is 2.27. The lowest BCUT2D eigenvalue weighted by Gasteiger charge is -2.36. The van der Waals surface area contributed by atoms with Crippen LogP contribution in [0.15, 0.2) is 36.0 Å². The molecule has 0 spiro atoms. The van der Waals surface area contributed by atoms with Crippen LogP contribution in [0, 0.1) is 5.41 Å². The Morgan fingerprint density at radius 1 is 1.15 bits per heavy atom. The van der Waals surface area contributed by atoms with Crippen LogP contribution < -0.4 is 10.6 Å². The summed E-state index contributed by atoms with van der Waals surface area (Å²) in [6, 6.07) is 7.71. The third-order valence-corrected chi connectivity index (χ3v) is 6.85. The fraction of sp³-hybridized carbons (Fsp3) is 0.593. The average molecular weight is 486 g/mol. The van der Waals surface area contributed by atoms with Crippen molar-refractivity contribution in [2.24, 2.45) is 5.41 Å². The number of allylic oxidation sites excluding steroid dienone is 2. The topological polar surface area (TPSA) is 70.7 Å². The summed E-state index contributed by atoms with van der Waals surface area (Å²) in [5, 5.41) is 7.59. The third-order valence-electron chi connectivity index (χ3n) is 6.51. The highest BCUT2D eigenvalue weighted by atomic mass is 32.1. The van der Waals surface area contributed by atoms with Crippen LogP contribution in [0.4, 0.5) is 5.69 Å². The van der Waals surface area contributed by atoms with E-state index in [-0.39, 0.29) is 17.2 Å². The Balaban J connectivity index is 1.57. The van der Waals surface area contributed by atoms with Gasteiger partial charge in [-0.1, -0.05) is 33.1 Å². The standard InChI is InChI=1S/C27H39N3O3S/c1-4-33-25(32)20-11-13-21(14-12-20)29-26(34)30(23-9-6-5-7-10-23)16-8-15-28-22-17-24(31)19-27(2,3)18-22/h11-14,17,23,28H,4-10,15-16,18-19H2,1-3H3,(H,29,34). The number of ether oxygens (including phenoxy) is 1. The zero-order chi connectivity index (χ0) is 24.6. The zero-order valence-electron chi connectivity index (χ0n) is 20.8. The van der Waals surface area contributed by atoms with Crippen LogP contribution in [0.5, 0.6) is 0 Å². The molecule has 0 amide bonds. The van der Waals surface area contributed by atoms with Gasteiger partial charge >= 0.3 is 5.97 Å². The minimum Gasteiger partial charge on any atom is -0.462 e. The molecule has 2 N–H and O–H groups in total. The Kier molecular flexibility index (Phi) is 9.51. The molecular formula is C27H39N3O3S. The van der Waals surface area contributed by atoms with Gasteiger partial charge in [0.15, 0.2) is 10.9 Å².